The maximum atomic E-state index is 13.6. The molecule has 4 heterocycles. The van der Waals surface area contributed by atoms with Gasteiger partial charge in [-0.05, 0) is 63.7 Å². The molecule has 4 aliphatic heterocycles. The molecule has 1 N–H and O–H groups in total. The van der Waals surface area contributed by atoms with Crippen LogP contribution in [0.15, 0.2) is 36.4 Å². The van der Waals surface area contributed by atoms with Crippen molar-refractivity contribution >= 4 is 11.8 Å². The van der Waals surface area contributed by atoms with Gasteiger partial charge in [-0.15, -0.1) is 0 Å². The molecule has 1 aromatic carbocycles. The van der Waals surface area contributed by atoms with Crippen molar-refractivity contribution < 1.29 is 19.4 Å². The highest BCUT2D eigenvalue weighted by Crippen LogP contribution is 2.31. The SMILES string of the molecule is CN1CCC(N2CC(=O)N3CC[C@@H](CC(=O)N4CC[C@@H](O)C4)[C@@H](/C=C\COc4ccccc4C2)C3)CC1. The fourth-order valence-electron chi connectivity index (χ4n) is 6.36. The number of aliphatic hydroxyl groups is 1. The average Bonchev–Trinajstić information content (AvgIpc) is 3.34. The molecule has 202 valence electrons. The molecule has 0 radical (unpaired) electrons. The van der Waals surface area contributed by atoms with Crippen molar-refractivity contribution in [2.45, 2.75) is 50.8 Å². The Labute approximate surface area is 220 Å². The summed E-state index contributed by atoms with van der Waals surface area (Å²) in [6.07, 6.45) is 7.88. The molecule has 0 unspecified atom stereocenters. The number of carbonyl (C=O) groups excluding carboxylic acids is 2. The number of nitrogens with zero attached hydrogens (tertiary/aromatic N) is 4. The number of amides is 2. The van der Waals surface area contributed by atoms with Crippen LogP contribution in [0.3, 0.4) is 0 Å². The number of carbonyl (C=O) groups is 2. The van der Waals surface area contributed by atoms with Gasteiger partial charge in [0.05, 0.1) is 12.6 Å². The minimum Gasteiger partial charge on any atom is -0.489 e. The van der Waals surface area contributed by atoms with E-state index in [4.69, 9.17) is 4.74 Å². The zero-order valence-electron chi connectivity index (χ0n) is 22.1. The molecule has 8 nitrogen and oxygen atoms in total. The second-order valence-corrected chi connectivity index (χ2v) is 11.3. The maximum Gasteiger partial charge on any atom is 0.236 e. The number of benzene rings is 1. The molecule has 0 spiro atoms. The van der Waals surface area contributed by atoms with Gasteiger partial charge in [0.2, 0.25) is 11.8 Å². The molecule has 3 saturated heterocycles. The summed E-state index contributed by atoms with van der Waals surface area (Å²) in [6.45, 7) is 6.09. The Kier molecular flexibility index (Phi) is 8.47. The Bertz CT molecular complexity index is 976. The second-order valence-electron chi connectivity index (χ2n) is 11.3. The number of aliphatic hydroxyl groups excluding tert-OH is 1. The van der Waals surface area contributed by atoms with Crippen molar-refractivity contribution in [2.24, 2.45) is 11.8 Å². The van der Waals surface area contributed by atoms with Crippen LogP contribution in [0.25, 0.3) is 0 Å². The van der Waals surface area contributed by atoms with Gasteiger partial charge in [0.25, 0.3) is 0 Å². The lowest BCUT2D eigenvalue weighted by Crippen LogP contribution is -2.51. The Morgan fingerprint density at radius 2 is 1.84 bits per heavy atom. The first kappa shape index (κ1) is 26.2. The molecular formula is C29H42N4O4. The van der Waals surface area contributed by atoms with Gasteiger partial charge >= 0.3 is 0 Å². The summed E-state index contributed by atoms with van der Waals surface area (Å²) in [6, 6.07) is 8.55. The molecule has 4 aliphatic rings. The number of hydrogen-bond donors (Lipinski definition) is 1. The van der Waals surface area contributed by atoms with E-state index in [1.54, 1.807) is 4.90 Å². The van der Waals surface area contributed by atoms with E-state index in [1.165, 1.54) is 0 Å². The van der Waals surface area contributed by atoms with Crippen LogP contribution < -0.4 is 4.74 Å². The number of likely N-dealkylation sites (tertiary alicyclic amines) is 2. The maximum absolute atomic E-state index is 13.6. The third kappa shape index (κ3) is 6.54. The summed E-state index contributed by atoms with van der Waals surface area (Å²) < 4.78 is 6.20. The summed E-state index contributed by atoms with van der Waals surface area (Å²) >= 11 is 0. The molecule has 3 atom stereocenters. The van der Waals surface area contributed by atoms with Gasteiger partial charge in [-0.1, -0.05) is 30.4 Å². The third-order valence-electron chi connectivity index (χ3n) is 8.72. The van der Waals surface area contributed by atoms with E-state index >= 15 is 0 Å². The van der Waals surface area contributed by atoms with E-state index in [2.05, 4.69) is 35.1 Å². The van der Waals surface area contributed by atoms with E-state index in [9.17, 15) is 14.7 Å². The number of para-hydroxylation sites is 1. The van der Waals surface area contributed by atoms with Crippen LogP contribution in [0.4, 0.5) is 0 Å². The first-order valence-corrected chi connectivity index (χ1v) is 14.0. The zero-order chi connectivity index (χ0) is 25.8. The van der Waals surface area contributed by atoms with E-state index in [1.807, 2.05) is 23.1 Å². The molecule has 1 aromatic rings. The minimum atomic E-state index is -0.402. The lowest BCUT2D eigenvalue weighted by Gasteiger charge is -2.40. The number of piperidine rings is 2. The van der Waals surface area contributed by atoms with Crippen LogP contribution in [0.2, 0.25) is 0 Å². The number of hydrogen-bond acceptors (Lipinski definition) is 6. The number of fused-ring (bicyclic) bond motifs is 3. The number of rotatable bonds is 3. The van der Waals surface area contributed by atoms with Crippen molar-refractivity contribution in [1.29, 1.82) is 0 Å². The van der Waals surface area contributed by atoms with Gasteiger partial charge in [-0.25, -0.2) is 0 Å². The third-order valence-corrected chi connectivity index (χ3v) is 8.72. The van der Waals surface area contributed by atoms with Gasteiger partial charge in [0.1, 0.15) is 12.4 Å². The lowest BCUT2D eigenvalue weighted by atomic mass is 9.82. The van der Waals surface area contributed by atoms with Gasteiger partial charge < -0.3 is 24.5 Å². The van der Waals surface area contributed by atoms with Crippen molar-refractivity contribution in [3.8, 4) is 5.75 Å². The van der Waals surface area contributed by atoms with Gasteiger partial charge in [-0.3, -0.25) is 14.5 Å². The fourth-order valence-corrected chi connectivity index (χ4v) is 6.36. The van der Waals surface area contributed by atoms with E-state index in [0.29, 0.717) is 64.8 Å². The normalized spacial score (nSPS) is 29.6. The Morgan fingerprint density at radius 1 is 1.03 bits per heavy atom. The minimum absolute atomic E-state index is 0.116. The molecule has 5 rings (SSSR count). The first-order chi connectivity index (χ1) is 18.0. The van der Waals surface area contributed by atoms with Crippen molar-refractivity contribution in [3.05, 3.63) is 42.0 Å². The lowest BCUT2D eigenvalue weighted by molar-refractivity contribution is -0.136. The quantitative estimate of drug-likeness (QED) is 0.627. The topological polar surface area (TPSA) is 76.6 Å². The van der Waals surface area contributed by atoms with Crippen molar-refractivity contribution in [2.75, 3.05) is 59.5 Å². The van der Waals surface area contributed by atoms with Crippen LogP contribution in [0, 0.1) is 11.8 Å². The molecule has 0 saturated carbocycles. The van der Waals surface area contributed by atoms with Crippen LogP contribution in [-0.4, -0.2) is 108 Å². The summed E-state index contributed by atoms with van der Waals surface area (Å²) in [5, 5.41) is 9.85. The highest BCUT2D eigenvalue weighted by Gasteiger charge is 2.35. The van der Waals surface area contributed by atoms with Crippen LogP contribution in [-0.2, 0) is 16.1 Å². The molecular weight excluding hydrogens is 468 g/mol. The van der Waals surface area contributed by atoms with Crippen LogP contribution >= 0.6 is 0 Å². The van der Waals surface area contributed by atoms with Crippen molar-refractivity contribution in [1.82, 2.24) is 19.6 Å². The standard InChI is InChI=1S/C29H42N4O4/c1-30-12-9-25(10-13-30)33-19-24-5-2-3-7-27(24)37-16-4-6-23-18-31(29(36)21-33)14-8-22(23)17-28(35)32-15-11-26(34)20-32/h2-7,22-23,25-26,34H,8-21H2,1H3/b6-4-/t22-,23-,26+/m0/s1. The van der Waals surface area contributed by atoms with Gasteiger partial charge in [0, 0.05) is 50.7 Å². The zero-order valence-corrected chi connectivity index (χ0v) is 22.1. The Morgan fingerprint density at radius 3 is 2.62 bits per heavy atom. The Balaban J connectivity index is 1.34. The molecule has 2 bridgehead atoms. The summed E-state index contributed by atoms with van der Waals surface area (Å²) in [7, 11) is 2.16. The monoisotopic (exact) mass is 510 g/mol. The molecule has 3 fully saturated rings. The van der Waals surface area contributed by atoms with E-state index in [0.717, 1.165) is 43.7 Å². The van der Waals surface area contributed by atoms with Gasteiger partial charge in [-0.2, -0.15) is 0 Å². The molecule has 37 heavy (non-hydrogen) atoms. The highest BCUT2D eigenvalue weighted by molar-refractivity contribution is 5.79. The smallest absolute Gasteiger partial charge is 0.236 e. The Hall–Kier alpha value is -2.42. The molecule has 0 aliphatic carbocycles. The summed E-state index contributed by atoms with van der Waals surface area (Å²) in [5.74, 6) is 1.48. The van der Waals surface area contributed by atoms with E-state index in [-0.39, 0.29) is 23.7 Å². The number of β-amino-alcohol motifs (C(OH)–C–C–N with tert-alkyl or cyclic N) is 1. The van der Waals surface area contributed by atoms with E-state index < -0.39 is 6.10 Å². The van der Waals surface area contributed by atoms with Crippen molar-refractivity contribution in [3.63, 3.8) is 0 Å². The number of ether oxygens (including phenoxy) is 1. The molecule has 0 aromatic heterocycles. The predicted octanol–water partition coefficient (Wildman–Crippen LogP) is 1.98. The second kappa shape index (κ2) is 12.0. The first-order valence-electron chi connectivity index (χ1n) is 14.0. The highest BCUT2D eigenvalue weighted by atomic mass is 16.5. The van der Waals surface area contributed by atoms with Crippen LogP contribution in [0.5, 0.6) is 5.75 Å². The van der Waals surface area contributed by atoms with Gasteiger partial charge in [0.15, 0.2) is 0 Å². The van der Waals surface area contributed by atoms with Crippen LogP contribution in [0.1, 0.15) is 37.7 Å². The largest absolute Gasteiger partial charge is 0.489 e. The molecule has 2 amide bonds. The predicted molar refractivity (Wildman–Crippen MR) is 142 cm³/mol. The summed E-state index contributed by atoms with van der Waals surface area (Å²) in [4.78, 5) is 35.1. The average molecular weight is 511 g/mol. The fraction of sp³-hybridized carbons (Fsp3) is 0.655. The molecule has 8 heteroatoms. The summed E-state index contributed by atoms with van der Waals surface area (Å²) in [5.41, 5.74) is 1.12.